The molecule has 41 heavy (non-hydrogen) atoms. The second-order valence-corrected chi connectivity index (χ2v) is 12.5. The molecule has 1 fully saturated rings. The Labute approximate surface area is 242 Å². The van der Waals surface area contributed by atoms with Crippen LogP contribution in [0.2, 0.25) is 5.02 Å². The minimum atomic E-state index is -0.706. The molecule has 2 aromatic carbocycles. The zero-order chi connectivity index (χ0) is 29.9. The van der Waals surface area contributed by atoms with Crippen molar-refractivity contribution in [2.24, 2.45) is 0 Å². The summed E-state index contributed by atoms with van der Waals surface area (Å²) in [5.41, 5.74) is 0.977. The third-order valence-corrected chi connectivity index (χ3v) is 7.83. The molecule has 5 rings (SSSR count). The fourth-order valence-electron chi connectivity index (χ4n) is 5.47. The highest BCUT2D eigenvalue weighted by Crippen LogP contribution is 2.36. The minimum Gasteiger partial charge on any atom is -0.488 e. The van der Waals surface area contributed by atoms with E-state index in [-0.39, 0.29) is 40.1 Å². The molecule has 0 bridgehead atoms. The van der Waals surface area contributed by atoms with Gasteiger partial charge < -0.3 is 19.0 Å². The molecule has 2 aromatic heterocycles. The molecule has 0 spiro atoms. The summed E-state index contributed by atoms with van der Waals surface area (Å²) >= 11 is 5.89. The summed E-state index contributed by atoms with van der Waals surface area (Å²) in [6, 6.07) is 8.02. The standard InChI is InChI=1S/C31H33ClFN3O5/c1-7-40-28-24(25(37)26(28)38)35-11-8-12-36(31(5,6)16-35)29(39)23-15-22-27(41-23)18(30(2,3)4)14-21(34-22)17-9-10-19(32)20(33)13-17/h9-10,13-15H,7-8,11-12,16H2,1-6H3. The van der Waals surface area contributed by atoms with Gasteiger partial charge in [-0.15, -0.1) is 0 Å². The lowest BCUT2D eigenvalue weighted by molar-refractivity contribution is 0.0553. The number of anilines is 1. The normalized spacial score (nSPS) is 15.9. The summed E-state index contributed by atoms with van der Waals surface area (Å²) in [5.74, 6) is -0.601. The predicted molar refractivity (Wildman–Crippen MR) is 158 cm³/mol. The van der Waals surface area contributed by atoms with E-state index in [9.17, 15) is 18.8 Å². The van der Waals surface area contributed by atoms with Crippen LogP contribution in [0.25, 0.3) is 22.4 Å². The van der Waals surface area contributed by atoms with Crippen molar-refractivity contribution in [1.29, 1.82) is 0 Å². The molecule has 1 aliphatic heterocycles. The van der Waals surface area contributed by atoms with E-state index in [0.29, 0.717) is 48.4 Å². The lowest BCUT2D eigenvalue weighted by Crippen LogP contribution is -2.53. The number of pyridine rings is 1. The molecular formula is C31H33ClFN3O5. The number of rotatable bonds is 5. The van der Waals surface area contributed by atoms with Gasteiger partial charge in [-0.2, -0.15) is 0 Å². The van der Waals surface area contributed by atoms with E-state index in [1.807, 2.05) is 45.6 Å². The maximum absolute atomic E-state index is 14.3. The average molecular weight is 582 g/mol. The molecule has 1 saturated heterocycles. The number of hydrogen-bond acceptors (Lipinski definition) is 7. The van der Waals surface area contributed by atoms with Crippen LogP contribution in [0.1, 0.15) is 64.1 Å². The van der Waals surface area contributed by atoms with Gasteiger partial charge in [0.2, 0.25) is 0 Å². The van der Waals surface area contributed by atoms with Gasteiger partial charge >= 0.3 is 0 Å². The van der Waals surface area contributed by atoms with E-state index in [4.69, 9.17) is 25.7 Å². The number of carbonyl (C=O) groups excluding carboxylic acids is 1. The maximum atomic E-state index is 14.3. The fourth-order valence-corrected chi connectivity index (χ4v) is 5.58. The number of benzene rings is 1. The Morgan fingerprint density at radius 2 is 1.88 bits per heavy atom. The molecule has 216 valence electrons. The highest BCUT2D eigenvalue weighted by molar-refractivity contribution is 6.30. The first-order valence-electron chi connectivity index (χ1n) is 13.7. The van der Waals surface area contributed by atoms with Gasteiger partial charge in [-0.1, -0.05) is 38.4 Å². The smallest absolute Gasteiger partial charge is 0.290 e. The van der Waals surface area contributed by atoms with Gasteiger partial charge in [0.25, 0.3) is 16.8 Å². The summed E-state index contributed by atoms with van der Waals surface area (Å²) in [6.07, 6.45) is 0.581. The highest BCUT2D eigenvalue weighted by Gasteiger charge is 2.40. The molecule has 1 aliphatic rings. The van der Waals surface area contributed by atoms with Crippen LogP contribution >= 0.6 is 11.6 Å². The van der Waals surface area contributed by atoms with Crippen molar-refractivity contribution in [1.82, 2.24) is 9.88 Å². The minimum absolute atomic E-state index is 0.0272. The van der Waals surface area contributed by atoms with E-state index < -0.39 is 22.2 Å². The number of halogens is 2. The Kier molecular flexibility index (Phi) is 7.22. The summed E-state index contributed by atoms with van der Waals surface area (Å²) in [7, 11) is 0. The van der Waals surface area contributed by atoms with Crippen LogP contribution in [0, 0.1) is 5.82 Å². The van der Waals surface area contributed by atoms with Crippen LogP contribution in [0.4, 0.5) is 10.1 Å². The lowest BCUT2D eigenvalue weighted by Gasteiger charge is -2.39. The third kappa shape index (κ3) is 5.12. The van der Waals surface area contributed by atoms with Crippen molar-refractivity contribution in [3.8, 4) is 17.0 Å². The molecule has 8 nitrogen and oxygen atoms in total. The molecule has 0 atom stereocenters. The van der Waals surface area contributed by atoms with Crippen LogP contribution in [-0.4, -0.2) is 47.6 Å². The monoisotopic (exact) mass is 581 g/mol. The van der Waals surface area contributed by atoms with Crippen LogP contribution in [0.5, 0.6) is 5.75 Å². The molecule has 0 N–H and O–H groups in total. The SMILES string of the molecule is CCOc1c(N2CCCN(C(=O)c3cc4nc(-c5ccc(Cl)c(F)c5)cc(C(C)(C)C)c4o3)C(C)(C)C2)c(=O)c1=O. The van der Waals surface area contributed by atoms with E-state index in [2.05, 4.69) is 0 Å². The number of nitrogens with zero attached hydrogens (tertiary/aromatic N) is 3. The second kappa shape index (κ2) is 10.3. The predicted octanol–water partition coefficient (Wildman–Crippen LogP) is 5.71. The largest absolute Gasteiger partial charge is 0.488 e. The zero-order valence-electron chi connectivity index (χ0n) is 24.1. The Bertz CT molecular complexity index is 1730. The Hall–Kier alpha value is -3.72. The van der Waals surface area contributed by atoms with E-state index >= 15 is 0 Å². The zero-order valence-corrected chi connectivity index (χ0v) is 24.8. The van der Waals surface area contributed by atoms with Gasteiger partial charge in [-0.3, -0.25) is 14.4 Å². The van der Waals surface area contributed by atoms with Crippen molar-refractivity contribution in [3.05, 3.63) is 72.9 Å². The van der Waals surface area contributed by atoms with Crippen molar-refractivity contribution < 1.29 is 18.3 Å². The van der Waals surface area contributed by atoms with Gasteiger partial charge in [0, 0.05) is 36.8 Å². The molecule has 0 aliphatic carbocycles. The van der Waals surface area contributed by atoms with Crippen LogP contribution < -0.4 is 20.5 Å². The van der Waals surface area contributed by atoms with Crippen molar-refractivity contribution in [2.75, 3.05) is 31.1 Å². The summed E-state index contributed by atoms with van der Waals surface area (Å²) in [4.78, 5) is 46.7. The fraction of sp³-hybridized carbons (Fsp3) is 0.419. The molecule has 4 aromatic rings. The molecule has 0 radical (unpaired) electrons. The number of aromatic nitrogens is 1. The lowest BCUT2D eigenvalue weighted by atomic mass is 9.86. The average Bonchev–Trinajstić information content (AvgIpc) is 3.27. The number of amides is 1. The first kappa shape index (κ1) is 28.8. The molecule has 0 saturated carbocycles. The second-order valence-electron chi connectivity index (χ2n) is 12.1. The van der Waals surface area contributed by atoms with Crippen molar-refractivity contribution in [3.63, 3.8) is 0 Å². The Morgan fingerprint density at radius 3 is 2.54 bits per heavy atom. The van der Waals surface area contributed by atoms with Gasteiger partial charge in [-0.25, -0.2) is 9.37 Å². The molecule has 0 unspecified atom stereocenters. The van der Waals surface area contributed by atoms with Crippen LogP contribution in [0.15, 0.2) is 44.3 Å². The number of fused-ring (bicyclic) bond motifs is 1. The molecule has 3 heterocycles. The van der Waals surface area contributed by atoms with Gasteiger partial charge in [0.05, 0.1) is 22.9 Å². The quantitative estimate of drug-likeness (QED) is 0.279. The third-order valence-electron chi connectivity index (χ3n) is 7.52. The van der Waals surface area contributed by atoms with E-state index in [1.165, 1.54) is 12.1 Å². The number of carbonyl (C=O) groups is 1. The van der Waals surface area contributed by atoms with Crippen LogP contribution in [0.3, 0.4) is 0 Å². The highest BCUT2D eigenvalue weighted by atomic mass is 35.5. The molecule has 10 heteroatoms. The Morgan fingerprint density at radius 1 is 1.15 bits per heavy atom. The van der Waals surface area contributed by atoms with E-state index in [1.54, 1.807) is 24.0 Å². The first-order valence-corrected chi connectivity index (χ1v) is 14.0. The van der Waals surface area contributed by atoms with Gasteiger partial charge in [0.1, 0.15) is 17.0 Å². The summed E-state index contributed by atoms with van der Waals surface area (Å²) in [5, 5.41) is 0.0272. The molecular weight excluding hydrogens is 549 g/mol. The van der Waals surface area contributed by atoms with E-state index in [0.717, 1.165) is 5.56 Å². The maximum Gasteiger partial charge on any atom is 0.290 e. The van der Waals surface area contributed by atoms with Crippen molar-refractivity contribution >= 4 is 34.3 Å². The van der Waals surface area contributed by atoms with Gasteiger partial charge in [-0.05, 0) is 50.8 Å². The number of hydrogen-bond donors (Lipinski definition) is 0. The topological polar surface area (TPSA) is 92.9 Å². The molecule has 1 amide bonds. The van der Waals surface area contributed by atoms with Crippen LogP contribution in [-0.2, 0) is 5.41 Å². The summed E-state index contributed by atoms with van der Waals surface area (Å²) in [6.45, 7) is 13.2. The Balaban J connectivity index is 1.51. The first-order chi connectivity index (χ1) is 19.2. The number of ether oxygens (including phenoxy) is 1. The number of furan rings is 1. The van der Waals surface area contributed by atoms with Gasteiger partial charge in [0.15, 0.2) is 17.1 Å². The van der Waals surface area contributed by atoms with Crippen molar-refractivity contribution in [2.45, 2.75) is 58.9 Å². The summed E-state index contributed by atoms with van der Waals surface area (Å²) < 4.78 is 25.9.